The fourth-order valence-electron chi connectivity index (χ4n) is 2.52. The Labute approximate surface area is 109 Å². The Morgan fingerprint density at radius 1 is 1.50 bits per heavy atom. The second-order valence-corrected chi connectivity index (χ2v) is 5.25. The first-order chi connectivity index (χ1) is 8.74. The van der Waals surface area contributed by atoms with Crippen molar-refractivity contribution in [3.63, 3.8) is 0 Å². The number of aromatic nitrogens is 2. The molecule has 1 aliphatic rings. The molecule has 0 spiro atoms. The molecule has 1 aromatic rings. The summed E-state index contributed by atoms with van der Waals surface area (Å²) in [7, 11) is 1.90. The predicted molar refractivity (Wildman–Crippen MR) is 71.4 cm³/mol. The summed E-state index contributed by atoms with van der Waals surface area (Å²) in [6.07, 6.45) is 10.8. The summed E-state index contributed by atoms with van der Waals surface area (Å²) in [5.74, 6) is 0.381. The number of aryl methyl sites for hydroxylation is 2. The van der Waals surface area contributed by atoms with Crippen molar-refractivity contribution in [3.05, 3.63) is 18.0 Å². The minimum absolute atomic E-state index is 0.381. The molecule has 4 nitrogen and oxygen atoms in total. The van der Waals surface area contributed by atoms with E-state index >= 15 is 0 Å². The highest BCUT2D eigenvalue weighted by molar-refractivity contribution is 5.78. The molecule has 2 heterocycles. The molecule has 1 atom stereocenters. The number of rotatable bonds is 6. The number of ketones is 1. The van der Waals surface area contributed by atoms with E-state index < -0.39 is 0 Å². The van der Waals surface area contributed by atoms with E-state index in [0.29, 0.717) is 18.2 Å². The van der Waals surface area contributed by atoms with Crippen LogP contribution in [-0.2, 0) is 18.3 Å². The van der Waals surface area contributed by atoms with Crippen LogP contribution in [0.15, 0.2) is 12.4 Å². The first kappa shape index (κ1) is 13.3. The zero-order valence-corrected chi connectivity index (χ0v) is 11.2. The van der Waals surface area contributed by atoms with Crippen molar-refractivity contribution in [2.75, 3.05) is 6.54 Å². The molecule has 1 aromatic heterocycles. The number of Topliss-reactive ketones (excluding diaryl/α,β-unsaturated/α-hetero) is 1. The van der Waals surface area contributed by atoms with Gasteiger partial charge in [-0.05, 0) is 37.8 Å². The molecular formula is C14H23N3O. The van der Waals surface area contributed by atoms with Crippen LogP contribution in [0.5, 0.6) is 0 Å². The van der Waals surface area contributed by atoms with E-state index in [1.165, 1.54) is 19.3 Å². The predicted octanol–water partition coefficient (Wildman–Crippen LogP) is 1.84. The van der Waals surface area contributed by atoms with Gasteiger partial charge in [-0.25, -0.2) is 0 Å². The Morgan fingerprint density at radius 3 is 3.06 bits per heavy atom. The maximum absolute atomic E-state index is 11.8. The monoisotopic (exact) mass is 249 g/mol. The fourth-order valence-corrected chi connectivity index (χ4v) is 2.52. The average molecular weight is 249 g/mol. The van der Waals surface area contributed by atoms with Crippen molar-refractivity contribution in [2.24, 2.45) is 7.05 Å². The van der Waals surface area contributed by atoms with Crippen molar-refractivity contribution in [1.82, 2.24) is 15.1 Å². The number of nitrogens with zero attached hydrogens (tertiary/aromatic N) is 2. The second-order valence-electron chi connectivity index (χ2n) is 5.25. The van der Waals surface area contributed by atoms with Gasteiger partial charge in [-0.2, -0.15) is 5.10 Å². The molecule has 0 aromatic carbocycles. The number of hydrogen-bond acceptors (Lipinski definition) is 3. The van der Waals surface area contributed by atoms with E-state index in [1.807, 2.05) is 19.4 Å². The van der Waals surface area contributed by atoms with Crippen LogP contribution in [0.1, 0.15) is 44.1 Å². The van der Waals surface area contributed by atoms with E-state index in [4.69, 9.17) is 0 Å². The number of carbonyl (C=O) groups is 1. The van der Waals surface area contributed by atoms with Gasteiger partial charge in [0, 0.05) is 32.1 Å². The van der Waals surface area contributed by atoms with Gasteiger partial charge in [0.15, 0.2) is 0 Å². The molecule has 0 amide bonds. The summed E-state index contributed by atoms with van der Waals surface area (Å²) < 4.78 is 1.78. The van der Waals surface area contributed by atoms with Crippen LogP contribution < -0.4 is 5.32 Å². The zero-order chi connectivity index (χ0) is 12.8. The Morgan fingerprint density at radius 2 is 2.39 bits per heavy atom. The number of nitrogens with one attached hydrogen (secondary N) is 1. The Balaban J connectivity index is 1.62. The molecule has 1 saturated heterocycles. The number of carbonyl (C=O) groups excluding carboxylic acids is 1. The third-order valence-corrected chi connectivity index (χ3v) is 3.63. The summed E-state index contributed by atoms with van der Waals surface area (Å²) in [6.45, 7) is 1.12. The summed E-state index contributed by atoms with van der Waals surface area (Å²) in [5.41, 5.74) is 1.15. The van der Waals surface area contributed by atoms with Gasteiger partial charge in [-0.1, -0.05) is 6.42 Å². The lowest BCUT2D eigenvalue weighted by atomic mass is 9.98. The average Bonchev–Trinajstić information content (AvgIpc) is 2.81. The first-order valence-electron chi connectivity index (χ1n) is 6.96. The van der Waals surface area contributed by atoms with Gasteiger partial charge in [0.25, 0.3) is 0 Å². The van der Waals surface area contributed by atoms with E-state index in [2.05, 4.69) is 10.4 Å². The van der Waals surface area contributed by atoms with Crippen LogP contribution in [0.2, 0.25) is 0 Å². The smallest absolute Gasteiger partial charge is 0.133 e. The lowest BCUT2D eigenvalue weighted by Gasteiger charge is -2.22. The third-order valence-electron chi connectivity index (χ3n) is 3.63. The molecule has 0 saturated carbocycles. The molecule has 4 heteroatoms. The van der Waals surface area contributed by atoms with E-state index in [9.17, 15) is 4.79 Å². The highest BCUT2D eigenvalue weighted by Gasteiger charge is 2.14. The Bertz CT molecular complexity index is 380. The number of piperidine rings is 1. The van der Waals surface area contributed by atoms with Gasteiger partial charge >= 0.3 is 0 Å². The molecule has 18 heavy (non-hydrogen) atoms. The standard InChI is InChI=1S/C14H23N3O/c1-17-11-12(10-16-17)5-7-14(18)8-6-13-4-2-3-9-15-13/h10-11,13,15H,2-9H2,1H3. The fraction of sp³-hybridized carbons (Fsp3) is 0.714. The van der Waals surface area contributed by atoms with E-state index in [0.717, 1.165) is 31.4 Å². The molecule has 1 unspecified atom stereocenters. The highest BCUT2D eigenvalue weighted by Crippen LogP contribution is 2.13. The van der Waals surface area contributed by atoms with Gasteiger partial charge in [0.05, 0.1) is 6.20 Å². The summed E-state index contributed by atoms with van der Waals surface area (Å²) in [4.78, 5) is 11.8. The minimum atomic E-state index is 0.381. The van der Waals surface area contributed by atoms with Gasteiger partial charge in [0.2, 0.25) is 0 Å². The highest BCUT2D eigenvalue weighted by atomic mass is 16.1. The second kappa shape index (κ2) is 6.69. The van der Waals surface area contributed by atoms with Gasteiger partial charge in [0.1, 0.15) is 5.78 Å². The van der Waals surface area contributed by atoms with Crippen molar-refractivity contribution >= 4 is 5.78 Å². The molecule has 1 aliphatic heterocycles. The van der Waals surface area contributed by atoms with Crippen molar-refractivity contribution in [1.29, 1.82) is 0 Å². The van der Waals surface area contributed by atoms with Crippen LogP contribution in [0, 0.1) is 0 Å². The van der Waals surface area contributed by atoms with Crippen molar-refractivity contribution in [2.45, 2.75) is 51.0 Å². The SMILES string of the molecule is Cn1cc(CCC(=O)CCC2CCCCN2)cn1. The maximum Gasteiger partial charge on any atom is 0.133 e. The maximum atomic E-state index is 11.8. The molecule has 100 valence electrons. The topological polar surface area (TPSA) is 46.9 Å². The Hall–Kier alpha value is -1.16. The molecule has 0 aliphatic carbocycles. The van der Waals surface area contributed by atoms with Gasteiger partial charge in [-0.3, -0.25) is 9.48 Å². The molecule has 1 N–H and O–H groups in total. The number of hydrogen-bond donors (Lipinski definition) is 1. The van der Waals surface area contributed by atoms with Crippen molar-refractivity contribution in [3.8, 4) is 0 Å². The van der Waals surface area contributed by atoms with Crippen molar-refractivity contribution < 1.29 is 4.79 Å². The molecule has 0 bridgehead atoms. The zero-order valence-electron chi connectivity index (χ0n) is 11.2. The van der Waals surface area contributed by atoms with Gasteiger partial charge < -0.3 is 5.32 Å². The summed E-state index contributed by atoms with van der Waals surface area (Å²) in [5, 5.41) is 7.60. The Kier molecular flexibility index (Phi) is 4.93. The van der Waals surface area contributed by atoms with Crippen LogP contribution >= 0.6 is 0 Å². The quantitative estimate of drug-likeness (QED) is 0.837. The first-order valence-corrected chi connectivity index (χ1v) is 6.96. The molecular weight excluding hydrogens is 226 g/mol. The molecule has 1 fully saturated rings. The van der Waals surface area contributed by atoms with E-state index in [-0.39, 0.29) is 0 Å². The molecule has 0 radical (unpaired) electrons. The minimum Gasteiger partial charge on any atom is -0.314 e. The third kappa shape index (κ3) is 4.26. The van der Waals surface area contributed by atoms with Crippen LogP contribution in [0.3, 0.4) is 0 Å². The lowest BCUT2D eigenvalue weighted by molar-refractivity contribution is -0.119. The van der Waals surface area contributed by atoms with E-state index in [1.54, 1.807) is 4.68 Å². The lowest BCUT2D eigenvalue weighted by Crippen LogP contribution is -2.34. The van der Waals surface area contributed by atoms with Crippen LogP contribution in [0.25, 0.3) is 0 Å². The normalized spacial score (nSPS) is 19.9. The summed E-state index contributed by atoms with van der Waals surface area (Å²) >= 11 is 0. The van der Waals surface area contributed by atoms with Crippen LogP contribution in [0.4, 0.5) is 0 Å². The summed E-state index contributed by atoms with van der Waals surface area (Å²) in [6, 6.07) is 0.570. The van der Waals surface area contributed by atoms with Gasteiger partial charge in [-0.15, -0.1) is 0 Å². The van der Waals surface area contributed by atoms with Crippen LogP contribution in [-0.4, -0.2) is 28.2 Å². The molecule has 2 rings (SSSR count). The largest absolute Gasteiger partial charge is 0.314 e.